The fourth-order valence-electron chi connectivity index (χ4n) is 2.59. The zero-order chi connectivity index (χ0) is 16.9. The van der Waals surface area contributed by atoms with Crippen molar-refractivity contribution in [2.24, 2.45) is 0 Å². The Balaban J connectivity index is 1.44. The van der Waals surface area contributed by atoms with Gasteiger partial charge in [-0.15, -0.1) is 10.2 Å². The molecule has 1 aliphatic heterocycles. The van der Waals surface area contributed by atoms with E-state index in [1.54, 1.807) is 11.6 Å². The molecule has 0 radical (unpaired) electrons. The number of anilines is 1. The molecule has 0 unspecified atom stereocenters. The summed E-state index contributed by atoms with van der Waals surface area (Å²) in [6, 6.07) is 4.49. The van der Waals surface area contributed by atoms with Gasteiger partial charge in [-0.25, -0.2) is 4.39 Å². The van der Waals surface area contributed by atoms with E-state index in [-0.39, 0.29) is 11.7 Å². The number of aromatic nitrogens is 2. The van der Waals surface area contributed by atoms with Crippen LogP contribution in [0.2, 0.25) is 5.02 Å². The van der Waals surface area contributed by atoms with Crippen molar-refractivity contribution in [1.82, 2.24) is 20.0 Å². The third kappa shape index (κ3) is 4.70. The van der Waals surface area contributed by atoms with Crippen molar-refractivity contribution in [2.45, 2.75) is 6.54 Å². The van der Waals surface area contributed by atoms with Gasteiger partial charge in [0, 0.05) is 37.7 Å². The predicted molar refractivity (Wildman–Crippen MR) is 91.7 cm³/mol. The number of hydrogen-bond donors (Lipinski definition) is 1. The van der Waals surface area contributed by atoms with E-state index in [1.807, 2.05) is 0 Å². The van der Waals surface area contributed by atoms with E-state index in [1.165, 1.54) is 23.5 Å². The van der Waals surface area contributed by atoms with E-state index in [4.69, 9.17) is 11.6 Å². The maximum atomic E-state index is 13.1. The Labute approximate surface area is 148 Å². The minimum atomic E-state index is -0.324. The lowest BCUT2D eigenvalue weighted by Gasteiger charge is -2.34. The van der Waals surface area contributed by atoms with Crippen LogP contribution in [-0.2, 0) is 11.3 Å². The Morgan fingerprint density at radius 3 is 2.71 bits per heavy atom. The summed E-state index contributed by atoms with van der Waals surface area (Å²) in [5.41, 5.74) is 2.50. The van der Waals surface area contributed by atoms with Gasteiger partial charge in [0.05, 0.1) is 6.54 Å². The highest BCUT2D eigenvalue weighted by Crippen LogP contribution is 2.19. The Morgan fingerprint density at radius 1 is 1.29 bits per heavy atom. The standard InChI is InChI=1S/C15H17ClFN5OS/c16-13-7-12(17)2-1-11(13)8-21-3-5-22(6-4-21)9-14(23)19-15-20-18-10-24-15/h1-2,7,10H,3-6,8-9H2,(H,19,20,23). The van der Waals surface area contributed by atoms with Gasteiger partial charge in [-0.2, -0.15) is 0 Å². The van der Waals surface area contributed by atoms with Gasteiger partial charge in [0.1, 0.15) is 11.3 Å². The largest absolute Gasteiger partial charge is 0.299 e. The number of nitrogens with zero attached hydrogens (tertiary/aromatic N) is 4. The quantitative estimate of drug-likeness (QED) is 0.874. The first-order valence-electron chi connectivity index (χ1n) is 7.55. The summed E-state index contributed by atoms with van der Waals surface area (Å²) in [5.74, 6) is -0.406. The lowest BCUT2D eigenvalue weighted by molar-refractivity contribution is -0.117. The molecular weight excluding hydrogens is 353 g/mol. The van der Waals surface area contributed by atoms with E-state index in [2.05, 4.69) is 25.3 Å². The minimum absolute atomic E-state index is 0.0817. The molecule has 6 nitrogen and oxygen atoms in total. The molecule has 1 aliphatic rings. The van der Waals surface area contributed by atoms with E-state index < -0.39 is 0 Å². The molecule has 2 heterocycles. The number of piperazine rings is 1. The molecule has 128 valence electrons. The number of carbonyl (C=O) groups is 1. The fourth-order valence-corrected chi connectivity index (χ4v) is 3.27. The summed E-state index contributed by atoms with van der Waals surface area (Å²) in [6.45, 7) is 4.28. The van der Waals surface area contributed by atoms with Crippen molar-refractivity contribution < 1.29 is 9.18 Å². The fraction of sp³-hybridized carbons (Fsp3) is 0.400. The normalized spacial score (nSPS) is 16.2. The maximum absolute atomic E-state index is 13.1. The Bertz CT molecular complexity index is 691. The molecule has 0 bridgehead atoms. The molecule has 1 amide bonds. The predicted octanol–water partition coefficient (Wildman–Crippen LogP) is 2.09. The molecular formula is C15H17ClFN5OS. The number of halogens is 2. The summed E-state index contributed by atoms with van der Waals surface area (Å²) in [5, 5.41) is 11.2. The van der Waals surface area contributed by atoms with Crippen molar-refractivity contribution in [3.05, 3.63) is 40.1 Å². The lowest BCUT2D eigenvalue weighted by Crippen LogP contribution is -2.48. The molecule has 1 saturated heterocycles. The Morgan fingerprint density at radius 2 is 2.04 bits per heavy atom. The monoisotopic (exact) mass is 369 g/mol. The smallest absolute Gasteiger partial charge is 0.240 e. The summed E-state index contributed by atoms with van der Waals surface area (Å²) >= 11 is 7.37. The van der Waals surface area contributed by atoms with E-state index in [0.29, 0.717) is 23.2 Å². The zero-order valence-electron chi connectivity index (χ0n) is 12.9. The molecule has 9 heteroatoms. The van der Waals surface area contributed by atoms with Crippen LogP contribution in [0.3, 0.4) is 0 Å². The summed E-state index contributed by atoms with van der Waals surface area (Å²) in [6.07, 6.45) is 0. The van der Waals surface area contributed by atoms with Gasteiger partial charge in [-0.05, 0) is 17.7 Å². The summed E-state index contributed by atoms with van der Waals surface area (Å²) in [4.78, 5) is 16.3. The second-order valence-electron chi connectivity index (χ2n) is 5.58. The first kappa shape index (κ1) is 17.2. The number of hydrogen-bond acceptors (Lipinski definition) is 6. The number of nitrogens with one attached hydrogen (secondary N) is 1. The van der Waals surface area contributed by atoms with Crippen LogP contribution in [0.1, 0.15) is 5.56 Å². The van der Waals surface area contributed by atoms with Gasteiger partial charge in [0.2, 0.25) is 11.0 Å². The molecule has 0 aliphatic carbocycles. The van der Waals surface area contributed by atoms with Crippen molar-refractivity contribution in [1.29, 1.82) is 0 Å². The molecule has 3 rings (SSSR count). The molecule has 1 N–H and O–H groups in total. The molecule has 0 spiro atoms. The molecule has 1 aromatic carbocycles. The van der Waals surface area contributed by atoms with Gasteiger partial charge in [0.15, 0.2) is 0 Å². The third-order valence-corrected chi connectivity index (χ3v) is 4.81. The van der Waals surface area contributed by atoms with Crippen LogP contribution in [0.15, 0.2) is 23.7 Å². The SMILES string of the molecule is O=C(CN1CCN(Cc2ccc(F)cc2Cl)CC1)Nc1nncs1. The van der Waals surface area contributed by atoms with Gasteiger partial charge in [0.25, 0.3) is 0 Å². The van der Waals surface area contributed by atoms with Crippen LogP contribution in [-0.4, -0.2) is 58.6 Å². The number of rotatable bonds is 5. The summed E-state index contributed by atoms with van der Waals surface area (Å²) < 4.78 is 13.1. The van der Waals surface area contributed by atoms with E-state index in [9.17, 15) is 9.18 Å². The number of amides is 1. The highest BCUT2D eigenvalue weighted by Gasteiger charge is 2.20. The van der Waals surface area contributed by atoms with Gasteiger partial charge >= 0.3 is 0 Å². The van der Waals surface area contributed by atoms with Crippen LogP contribution in [0.25, 0.3) is 0 Å². The average Bonchev–Trinajstić information content (AvgIpc) is 3.04. The van der Waals surface area contributed by atoms with Crippen molar-refractivity contribution >= 4 is 34.0 Å². The van der Waals surface area contributed by atoms with Crippen LogP contribution in [0, 0.1) is 5.82 Å². The average molecular weight is 370 g/mol. The zero-order valence-corrected chi connectivity index (χ0v) is 14.5. The topological polar surface area (TPSA) is 61.4 Å². The van der Waals surface area contributed by atoms with Gasteiger partial charge in [-0.1, -0.05) is 29.0 Å². The third-order valence-electron chi connectivity index (χ3n) is 3.85. The molecule has 0 saturated carbocycles. The van der Waals surface area contributed by atoms with E-state index in [0.717, 1.165) is 31.7 Å². The molecule has 2 aromatic rings. The van der Waals surface area contributed by atoms with E-state index >= 15 is 0 Å². The second kappa shape index (κ2) is 7.98. The van der Waals surface area contributed by atoms with Crippen molar-refractivity contribution in [3.8, 4) is 0 Å². The highest BCUT2D eigenvalue weighted by atomic mass is 35.5. The maximum Gasteiger partial charge on any atom is 0.240 e. The molecule has 1 fully saturated rings. The van der Waals surface area contributed by atoms with Crippen molar-refractivity contribution in [2.75, 3.05) is 38.0 Å². The van der Waals surface area contributed by atoms with Gasteiger partial charge in [-0.3, -0.25) is 19.9 Å². The minimum Gasteiger partial charge on any atom is -0.299 e. The van der Waals surface area contributed by atoms with Crippen LogP contribution in [0.4, 0.5) is 9.52 Å². The van der Waals surface area contributed by atoms with Crippen LogP contribution in [0.5, 0.6) is 0 Å². The highest BCUT2D eigenvalue weighted by molar-refractivity contribution is 7.13. The Hall–Kier alpha value is -1.61. The van der Waals surface area contributed by atoms with Crippen LogP contribution >= 0.6 is 22.9 Å². The van der Waals surface area contributed by atoms with Crippen LogP contribution < -0.4 is 5.32 Å². The molecule has 1 aromatic heterocycles. The lowest BCUT2D eigenvalue weighted by atomic mass is 10.2. The second-order valence-corrected chi connectivity index (χ2v) is 6.82. The molecule has 0 atom stereocenters. The first-order valence-corrected chi connectivity index (χ1v) is 8.80. The van der Waals surface area contributed by atoms with Gasteiger partial charge < -0.3 is 0 Å². The van der Waals surface area contributed by atoms with Crippen molar-refractivity contribution in [3.63, 3.8) is 0 Å². The molecule has 24 heavy (non-hydrogen) atoms. The number of benzene rings is 1. The summed E-state index contributed by atoms with van der Waals surface area (Å²) in [7, 11) is 0. The Kier molecular flexibility index (Phi) is 5.72. The first-order chi connectivity index (χ1) is 11.6. The number of carbonyl (C=O) groups excluding carboxylic acids is 1.